The molecule has 0 aliphatic heterocycles. The number of thiazole rings is 1. The van der Waals surface area contributed by atoms with Crippen molar-refractivity contribution in [1.29, 1.82) is 0 Å². The number of rotatable bonds is 6. The van der Waals surface area contributed by atoms with Crippen molar-refractivity contribution in [3.8, 4) is 0 Å². The minimum absolute atomic E-state index is 0.153. The highest BCUT2D eigenvalue weighted by Crippen LogP contribution is 2.22. The van der Waals surface area contributed by atoms with Crippen molar-refractivity contribution in [1.82, 2.24) is 9.38 Å². The lowest BCUT2D eigenvalue weighted by Crippen LogP contribution is -2.12. The first kappa shape index (κ1) is 14.5. The third-order valence-corrected chi connectivity index (χ3v) is 3.48. The molecule has 8 heteroatoms. The molecular formula is C12H12ClN3O3S. The Morgan fingerprint density at radius 2 is 2.35 bits per heavy atom. The predicted molar refractivity (Wildman–Crippen MR) is 76.5 cm³/mol. The number of nitrogens with two attached hydrogens (primary N) is 1. The Kier molecular flexibility index (Phi) is 4.75. The van der Waals surface area contributed by atoms with E-state index >= 15 is 0 Å². The van der Waals surface area contributed by atoms with E-state index in [0.717, 1.165) is 4.96 Å². The summed E-state index contributed by atoms with van der Waals surface area (Å²) >= 11 is 7.42. The van der Waals surface area contributed by atoms with Gasteiger partial charge >= 0.3 is 5.97 Å². The summed E-state index contributed by atoms with van der Waals surface area (Å²) in [6.07, 6.45) is 5.25. The molecule has 20 heavy (non-hydrogen) atoms. The number of halogens is 1. The summed E-state index contributed by atoms with van der Waals surface area (Å²) < 4.78 is 6.70. The van der Waals surface area contributed by atoms with Crippen LogP contribution in [0.5, 0.6) is 0 Å². The van der Waals surface area contributed by atoms with Crippen LogP contribution in [-0.4, -0.2) is 27.9 Å². The smallest absolute Gasteiger partial charge is 0.330 e. The van der Waals surface area contributed by atoms with E-state index in [1.807, 2.05) is 11.6 Å². The van der Waals surface area contributed by atoms with Crippen LogP contribution in [0.15, 0.2) is 17.7 Å². The van der Waals surface area contributed by atoms with Crippen LogP contribution in [0.1, 0.15) is 18.5 Å². The van der Waals surface area contributed by atoms with Crippen molar-refractivity contribution >= 4 is 45.9 Å². The Morgan fingerprint density at radius 3 is 3.10 bits per heavy atom. The topological polar surface area (TPSA) is 86.7 Å². The maximum Gasteiger partial charge on any atom is 0.330 e. The van der Waals surface area contributed by atoms with E-state index in [-0.39, 0.29) is 13.0 Å². The normalized spacial score (nSPS) is 11.2. The highest BCUT2D eigenvalue weighted by atomic mass is 35.5. The number of carbonyl (C=O) groups is 2. The lowest BCUT2D eigenvalue weighted by molar-refractivity contribution is -0.138. The average molecular weight is 314 g/mol. The molecule has 0 aromatic carbocycles. The van der Waals surface area contributed by atoms with E-state index in [9.17, 15) is 9.59 Å². The number of primary amides is 1. The van der Waals surface area contributed by atoms with Gasteiger partial charge in [-0.2, -0.15) is 0 Å². The van der Waals surface area contributed by atoms with E-state index < -0.39 is 11.9 Å². The quantitative estimate of drug-likeness (QED) is 0.501. The largest absolute Gasteiger partial charge is 0.463 e. The molecule has 0 fully saturated rings. The molecule has 0 spiro atoms. The standard InChI is InChI=1S/C12H12ClN3O3S/c13-11-8(16-5-7-20-12(16)15-11)3-4-10(18)19-6-1-2-9(14)17/h3-5,7H,1-2,6H2,(H2,14,17). The monoisotopic (exact) mass is 313 g/mol. The molecule has 2 heterocycles. The summed E-state index contributed by atoms with van der Waals surface area (Å²) in [5.74, 6) is -0.918. The molecule has 2 N–H and O–H groups in total. The van der Waals surface area contributed by atoms with Crippen LogP contribution >= 0.6 is 22.9 Å². The maximum absolute atomic E-state index is 11.5. The number of carbonyl (C=O) groups excluding carboxylic acids is 2. The number of nitrogens with zero attached hydrogens (tertiary/aromatic N) is 2. The fraction of sp³-hybridized carbons (Fsp3) is 0.250. The number of hydrogen-bond donors (Lipinski definition) is 1. The molecule has 0 saturated carbocycles. The van der Waals surface area contributed by atoms with Crippen molar-refractivity contribution in [3.05, 3.63) is 28.5 Å². The number of fused-ring (bicyclic) bond motifs is 1. The zero-order chi connectivity index (χ0) is 14.5. The molecule has 2 aromatic rings. The fourth-order valence-electron chi connectivity index (χ4n) is 1.54. The second-order valence-corrected chi connectivity index (χ2v) is 5.15. The molecule has 0 bridgehead atoms. The molecule has 106 valence electrons. The minimum Gasteiger partial charge on any atom is -0.463 e. The van der Waals surface area contributed by atoms with E-state index in [4.69, 9.17) is 22.1 Å². The highest BCUT2D eigenvalue weighted by molar-refractivity contribution is 7.15. The Labute approximate surface area is 123 Å². The first-order valence-corrected chi connectivity index (χ1v) is 7.08. The van der Waals surface area contributed by atoms with Gasteiger partial charge < -0.3 is 10.5 Å². The van der Waals surface area contributed by atoms with Crippen molar-refractivity contribution < 1.29 is 14.3 Å². The first-order chi connectivity index (χ1) is 9.58. The average Bonchev–Trinajstić information content (AvgIpc) is 2.93. The second kappa shape index (κ2) is 6.53. The second-order valence-electron chi connectivity index (χ2n) is 3.91. The van der Waals surface area contributed by atoms with E-state index in [1.54, 1.807) is 10.5 Å². The molecule has 2 aromatic heterocycles. The summed E-state index contributed by atoms with van der Waals surface area (Å²) in [4.78, 5) is 26.9. The zero-order valence-corrected chi connectivity index (χ0v) is 12.0. The van der Waals surface area contributed by atoms with E-state index in [0.29, 0.717) is 17.3 Å². The molecule has 0 aliphatic rings. The molecule has 0 unspecified atom stereocenters. The van der Waals surface area contributed by atoms with Gasteiger partial charge in [-0.25, -0.2) is 9.78 Å². The molecule has 2 rings (SSSR count). The molecule has 1 amide bonds. The summed E-state index contributed by atoms with van der Waals surface area (Å²) in [5.41, 5.74) is 5.60. The van der Waals surface area contributed by atoms with E-state index in [1.165, 1.54) is 17.4 Å². The molecule has 0 radical (unpaired) electrons. The SMILES string of the molecule is NC(=O)CCCOC(=O)C=Cc1c(Cl)nc2sccn12. The predicted octanol–water partition coefficient (Wildman–Crippen LogP) is 1.87. The van der Waals surface area contributed by atoms with Gasteiger partial charge in [0.25, 0.3) is 0 Å². The number of esters is 1. The maximum atomic E-state index is 11.5. The summed E-state index contributed by atoms with van der Waals surface area (Å²) in [6.45, 7) is 0.153. The molecule has 0 aliphatic carbocycles. The Morgan fingerprint density at radius 1 is 1.55 bits per heavy atom. The summed E-state index contributed by atoms with van der Waals surface area (Å²) in [6, 6.07) is 0. The van der Waals surface area contributed by atoms with Crippen LogP contribution in [-0.2, 0) is 14.3 Å². The third kappa shape index (κ3) is 3.58. The van der Waals surface area contributed by atoms with Crippen LogP contribution in [0.3, 0.4) is 0 Å². The van der Waals surface area contributed by atoms with Crippen LogP contribution in [0.4, 0.5) is 0 Å². The lowest BCUT2D eigenvalue weighted by Gasteiger charge is -1.99. The van der Waals surface area contributed by atoms with Crippen LogP contribution < -0.4 is 5.73 Å². The minimum atomic E-state index is -0.504. The Bertz CT molecular complexity index is 662. The number of imidazole rings is 1. The van der Waals surface area contributed by atoms with Gasteiger partial charge in [-0.1, -0.05) is 11.6 Å². The van der Waals surface area contributed by atoms with Gasteiger partial charge in [0.1, 0.15) is 0 Å². The van der Waals surface area contributed by atoms with Gasteiger partial charge in [0, 0.05) is 24.1 Å². The van der Waals surface area contributed by atoms with Crippen LogP contribution in [0.2, 0.25) is 5.15 Å². The number of ether oxygens (including phenoxy) is 1. The third-order valence-electron chi connectivity index (χ3n) is 2.44. The van der Waals surface area contributed by atoms with Gasteiger partial charge in [0.2, 0.25) is 5.91 Å². The Balaban J connectivity index is 1.92. The summed E-state index contributed by atoms with van der Waals surface area (Å²) in [7, 11) is 0. The van der Waals surface area contributed by atoms with Gasteiger partial charge in [-0.3, -0.25) is 9.20 Å². The van der Waals surface area contributed by atoms with Crippen molar-refractivity contribution in [3.63, 3.8) is 0 Å². The molecule has 6 nitrogen and oxygen atoms in total. The lowest BCUT2D eigenvalue weighted by atomic mass is 10.3. The van der Waals surface area contributed by atoms with Crippen molar-refractivity contribution in [2.24, 2.45) is 5.73 Å². The number of amides is 1. The Hall–Kier alpha value is -1.86. The van der Waals surface area contributed by atoms with Crippen LogP contribution in [0, 0.1) is 0 Å². The number of aromatic nitrogens is 2. The number of hydrogen-bond acceptors (Lipinski definition) is 5. The van der Waals surface area contributed by atoms with Gasteiger partial charge in [-0.05, 0) is 12.5 Å². The molecular weight excluding hydrogens is 302 g/mol. The zero-order valence-electron chi connectivity index (χ0n) is 10.4. The molecule has 0 saturated heterocycles. The fourth-order valence-corrected chi connectivity index (χ4v) is 2.55. The highest BCUT2D eigenvalue weighted by Gasteiger charge is 2.08. The van der Waals surface area contributed by atoms with Gasteiger partial charge in [0.15, 0.2) is 10.1 Å². The van der Waals surface area contributed by atoms with Crippen LogP contribution in [0.25, 0.3) is 11.0 Å². The van der Waals surface area contributed by atoms with E-state index in [2.05, 4.69) is 4.98 Å². The first-order valence-electron chi connectivity index (χ1n) is 5.82. The van der Waals surface area contributed by atoms with Gasteiger partial charge in [-0.15, -0.1) is 11.3 Å². The van der Waals surface area contributed by atoms with Crippen molar-refractivity contribution in [2.45, 2.75) is 12.8 Å². The van der Waals surface area contributed by atoms with Crippen molar-refractivity contribution in [2.75, 3.05) is 6.61 Å². The van der Waals surface area contributed by atoms with Gasteiger partial charge in [0.05, 0.1) is 12.3 Å². The molecule has 0 atom stereocenters. The summed E-state index contributed by atoms with van der Waals surface area (Å²) in [5, 5.41) is 2.20.